The van der Waals surface area contributed by atoms with Gasteiger partial charge in [0, 0.05) is 36.1 Å². The van der Waals surface area contributed by atoms with Crippen molar-refractivity contribution in [2.45, 2.75) is 26.9 Å². The fourth-order valence-corrected chi connectivity index (χ4v) is 3.12. The van der Waals surface area contributed by atoms with Crippen LogP contribution in [0.2, 0.25) is 5.02 Å². The molecule has 2 N–H and O–H groups in total. The molecule has 26 heavy (non-hydrogen) atoms. The summed E-state index contributed by atoms with van der Waals surface area (Å²) in [6.07, 6.45) is 3.64. The van der Waals surface area contributed by atoms with Crippen LogP contribution in [0.1, 0.15) is 22.5 Å². The number of aromatic nitrogens is 4. The first-order chi connectivity index (χ1) is 12.4. The van der Waals surface area contributed by atoms with Crippen molar-refractivity contribution >= 4 is 34.6 Å². The number of nitrogens with zero attached hydrogens (tertiary/aromatic N) is 4. The summed E-state index contributed by atoms with van der Waals surface area (Å²) in [5.41, 5.74) is 5.14. The number of rotatable bonds is 5. The molecule has 0 bridgehead atoms. The van der Waals surface area contributed by atoms with Crippen LogP contribution < -0.4 is 10.6 Å². The maximum atomic E-state index is 6.20. The highest BCUT2D eigenvalue weighted by molar-refractivity contribution is 7.80. The third-order valence-corrected chi connectivity index (χ3v) is 4.88. The third-order valence-electron chi connectivity index (χ3n) is 4.27. The van der Waals surface area contributed by atoms with Crippen molar-refractivity contribution < 1.29 is 0 Å². The number of halogens is 1. The fourth-order valence-electron chi connectivity index (χ4n) is 2.73. The predicted molar refractivity (Wildman–Crippen MR) is 109 cm³/mol. The molecule has 0 unspecified atom stereocenters. The van der Waals surface area contributed by atoms with E-state index in [2.05, 4.69) is 20.8 Å². The maximum absolute atomic E-state index is 6.20. The Morgan fingerprint density at radius 2 is 2.04 bits per heavy atom. The number of nitrogens with one attached hydrogen (secondary N) is 2. The van der Waals surface area contributed by atoms with Crippen LogP contribution in [0.5, 0.6) is 0 Å². The van der Waals surface area contributed by atoms with Crippen molar-refractivity contribution in [1.29, 1.82) is 0 Å². The van der Waals surface area contributed by atoms with Crippen molar-refractivity contribution in [2.75, 3.05) is 5.32 Å². The van der Waals surface area contributed by atoms with E-state index in [-0.39, 0.29) is 0 Å². The van der Waals surface area contributed by atoms with Crippen LogP contribution in [0.15, 0.2) is 36.7 Å². The molecule has 3 aromatic rings. The van der Waals surface area contributed by atoms with Gasteiger partial charge in [-0.3, -0.25) is 9.36 Å². The van der Waals surface area contributed by atoms with E-state index in [1.54, 1.807) is 6.20 Å². The number of hydrogen-bond donors (Lipinski definition) is 2. The van der Waals surface area contributed by atoms with E-state index in [0.29, 0.717) is 18.2 Å². The highest BCUT2D eigenvalue weighted by Gasteiger charge is 2.10. The van der Waals surface area contributed by atoms with Crippen LogP contribution in [0.3, 0.4) is 0 Å². The molecule has 3 rings (SSSR count). The minimum absolute atomic E-state index is 0.546. The summed E-state index contributed by atoms with van der Waals surface area (Å²) in [5, 5.41) is 16.4. The van der Waals surface area contributed by atoms with Gasteiger partial charge in [-0.1, -0.05) is 29.8 Å². The topological polar surface area (TPSA) is 59.7 Å². The van der Waals surface area contributed by atoms with Crippen molar-refractivity contribution in [3.8, 4) is 0 Å². The smallest absolute Gasteiger partial charge is 0.171 e. The molecule has 0 radical (unpaired) electrons. The van der Waals surface area contributed by atoms with E-state index >= 15 is 0 Å². The molecule has 136 valence electrons. The van der Waals surface area contributed by atoms with Gasteiger partial charge in [0.05, 0.1) is 24.1 Å². The maximum Gasteiger partial charge on any atom is 0.171 e. The minimum atomic E-state index is 0.546. The molecule has 0 fully saturated rings. The van der Waals surface area contributed by atoms with E-state index in [4.69, 9.17) is 23.8 Å². The van der Waals surface area contributed by atoms with Crippen LogP contribution in [0, 0.1) is 13.8 Å². The van der Waals surface area contributed by atoms with Crippen LogP contribution >= 0.6 is 23.8 Å². The summed E-state index contributed by atoms with van der Waals surface area (Å²) in [5.74, 6) is 0. The molecule has 8 heteroatoms. The highest BCUT2D eigenvalue weighted by Crippen LogP contribution is 2.17. The normalized spacial score (nSPS) is 10.8. The largest absolute Gasteiger partial charge is 0.358 e. The lowest BCUT2D eigenvalue weighted by Crippen LogP contribution is -2.28. The van der Waals surface area contributed by atoms with Crippen LogP contribution in [0.4, 0.5) is 5.69 Å². The average Bonchev–Trinajstić information content (AvgIpc) is 3.13. The van der Waals surface area contributed by atoms with Gasteiger partial charge in [-0.15, -0.1) is 0 Å². The zero-order chi connectivity index (χ0) is 18.7. The summed E-state index contributed by atoms with van der Waals surface area (Å²) in [7, 11) is 1.94. The molecule has 1 aromatic carbocycles. The molecule has 2 heterocycles. The third kappa shape index (κ3) is 4.23. The standard InChI is InChI=1S/C18H21ClN6S/c1-12-16(13(2)24(3)23-12)9-20-18(26)22-15-8-21-25(11-15)10-14-6-4-5-7-17(14)19/h4-8,11H,9-10H2,1-3H3,(H2,20,22,26). The number of hydrogen-bond acceptors (Lipinski definition) is 3. The zero-order valence-electron chi connectivity index (χ0n) is 15.0. The number of thiocarbonyl (C=S) groups is 1. The Bertz CT molecular complexity index is 930. The molecule has 0 saturated carbocycles. The molecule has 0 aliphatic rings. The van der Waals surface area contributed by atoms with Gasteiger partial charge in [-0.05, 0) is 37.7 Å². The Balaban J connectivity index is 1.57. The summed E-state index contributed by atoms with van der Waals surface area (Å²) in [6.45, 7) is 5.28. The Labute approximate surface area is 163 Å². The first-order valence-corrected chi connectivity index (χ1v) is 9.02. The van der Waals surface area contributed by atoms with E-state index in [1.807, 2.05) is 60.7 Å². The SMILES string of the molecule is Cc1nn(C)c(C)c1CNC(=S)Nc1cnn(Cc2ccccc2Cl)c1. The molecule has 0 amide bonds. The minimum Gasteiger partial charge on any atom is -0.358 e. The zero-order valence-corrected chi connectivity index (χ0v) is 16.5. The van der Waals surface area contributed by atoms with Gasteiger partial charge in [0.2, 0.25) is 0 Å². The van der Waals surface area contributed by atoms with Gasteiger partial charge in [0.1, 0.15) is 0 Å². The van der Waals surface area contributed by atoms with E-state index in [0.717, 1.165) is 33.2 Å². The van der Waals surface area contributed by atoms with Crippen molar-refractivity contribution in [3.05, 3.63) is 64.2 Å². The number of anilines is 1. The Kier molecular flexibility index (Phi) is 5.58. The van der Waals surface area contributed by atoms with Crippen molar-refractivity contribution in [1.82, 2.24) is 24.9 Å². The lowest BCUT2D eigenvalue weighted by molar-refractivity contribution is 0.687. The first-order valence-electron chi connectivity index (χ1n) is 8.24. The van der Waals surface area contributed by atoms with Crippen LogP contribution in [-0.2, 0) is 20.1 Å². The quantitative estimate of drug-likeness (QED) is 0.656. The predicted octanol–water partition coefficient (Wildman–Crippen LogP) is 3.42. The first kappa shape index (κ1) is 18.4. The average molecular weight is 389 g/mol. The number of benzene rings is 1. The van der Waals surface area contributed by atoms with Gasteiger partial charge in [0.25, 0.3) is 0 Å². The molecule has 0 atom stereocenters. The van der Waals surface area contributed by atoms with Gasteiger partial charge in [0.15, 0.2) is 5.11 Å². The lowest BCUT2D eigenvalue weighted by atomic mass is 10.2. The van der Waals surface area contributed by atoms with Crippen molar-refractivity contribution in [3.63, 3.8) is 0 Å². The monoisotopic (exact) mass is 388 g/mol. The van der Waals surface area contributed by atoms with E-state index in [1.165, 1.54) is 0 Å². The van der Waals surface area contributed by atoms with Gasteiger partial charge < -0.3 is 10.6 Å². The molecule has 0 saturated heterocycles. The van der Waals surface area contributed by atoms with Gasteiger partial charge in [-0.2, -0.15) is 10.2 Å². The molecule has 0 aliphatic carbocycles. The summed E-state index contributed by atoms with van der Waals surface area (Å²) < 4.78 is 3.70. The molecule has 2 aromatic heterocycles. The van der Waals surface area contributed by atoms with Crippen molar-refractivity contribution in [2.24, 2.45) is 7.05 Å². The van der Waals surface area contributed by atoms with Crippen LogP contribution in [0.25, 0.3) is 0 Å². The Hall–Kier alpha value is -2.38. The number of aryl methyl sites for hydroxylation is 2. The summed E-state index contributed by atoms with van der Waals surface area (Å²) in [4.78, 5) is 0. The summed E-state index contributed by atoms with van der Waals surface area (Å²) >= 11 is 11.6. The molecular formula is C18H21ClN6S. The Morgan fingerprint density at radius 3 is 2.73 bits per heavy atom. The van der Waals surface area contributed by atoms with Gasteiger partial charge in [-0.25, -0.2) is 0 Å². The van der Waals surface area contributed by atoms with E-state index in [9.17, 15) is 0 Å². The second kappa shape index (κ2) is 7.88. The second-order valence-electron chi connectivity index (χ2n) is 6.10. The van der Waals surface area contributed by atoms with Gasteiger partial charge >= 0.3 is 0 Å². The van der Waals surface area contributed by atoms with Crippen LogP contribution in [-0.4, -0.2) is 24.7 Å². The lowest BCUT2D eigenvalue weighted by Gasteiger charge is -2.09. The molecule has 0 aliphatic heterocycles. The molecule has 6 nitrogen and oxygen atoms in total. The highest BCUT2D eigenvalue weighted by atomic mass is 35.5. The molecule has 0 spiro atoms. The van der Waals surface area contributed by atoms with E-state index < -0.39 is 0 Å². The fraction of sp³-hybridized carbons (Fsp3) is 0.278. The Morgan fingerprint density at radius 1 is 1.27 bits per heavy atom. The molecular weight excluding hydrogens is 368 g/mol. The second-order valence-corrected chi connectivity index (χ2v) is 6.91. The summed E-state index contributed by atoms with van der Waals surface area (Å²) in [6, 6.07) is 7.74.